The number of rotatable bonds is 4. The molecule has 2 heterocycles. The summed E-state index contributed by atoms with van der Waals surface area (Å²) in [6.45, 7) is 1.83. The number of benzene rings is 2. The Bertz CT molecular complexity index is 1000. The molecule has 1 saturated heterocycles. The minimum Gasteiger partial charge on any atom is -0.451 e. The minimum absolute atomic E-state index is 0.0859. The fourth-order valence-electron chi connectivity index (χ4n) is 3.61. The minimum atomic E-state index is -0.199. The number of furan rings is 1. The van der Waals surface area contributed by atoms with Gasteiger partial charge in [-0.15, -0.1) is 0 Å². The summed E-state index contributed by atoms with van der Waals surface area (Å²) in [5, 5.41) is 4.73. The lowest BCUT2D eigenvalue weighted by Crippen LogP contribution is -2.41. The van der Waals surface area contributed by atoms with Crippen LogP contribution < -0.4 is 5.32 Å². The van der Waals surface area contributed by atoms with E-state index < -0.39 is 0 Å². The fraction of sp³-hybridized carbons (Fsp3) is 0.273. The summed E-state index contributed by atoms with van der Waals surface area (Å²) in [6.07, 6.45) is 1.64. The average molecular weight is 431 g/mol. The lowest BCUT2D eigenvalue weighted by Gasteiger charge is -2.31. The predicted molar refractivity (Wildman–Crippen MR) is 114 cm³/mol. The lowest BCUT2D eigenvalue weighted by atomic mass is 9.96. The van der Waals surface area contributed by atoms with Gasteiger partial charge in [-0.05, 0) is 49.1 Å². The van der Waals surface area contributed by atoms with Crippen molar-refractivity contribution in [2.45, 2.75) is 12.8 Å². The SMILES string of the molecule is O=C(NCC1CCN(C(=O)c2cc3ccccc3o2)CC1)c1cc(Cl)cc(Cl)c1. The molecule has 1 fully saturated rings. The number of nitrogens with one attached hydrogen (secondary N) is 1. The van der Waals surface area contributed by atoms with Gasteiger partial charge in [0.1, 0.15) is 5.58 Å². The van der Waals surface area contributed by atoms with E-state index in [-0.39, 0.29) is 11.8 Å². The molecule has 1 N–H and O–H groups in total. The third-order valence-electron chi connectivity index (χ3n) is 5.21. The van der Waals surface area contributed by atoms with E-state index in [2.05, 4.69) is 5.32 Å². The molecule has 29 heavy (non-hydrogen) atoms. The monoisotopic (exact) mass is 430 g/mol. The van der Waals surface area contributed by atoms with Crippen molar-refractivity contribution in [1.82, 2.24) is 10.2 Å². The topological polar surface area (TPSA) is 62.6 Å². The van der Waals surface area contributed by atoms with Crippen LogP contribution in [0.15, 0.2) is 52.9 Å². The molecule has 0 bridgehead atoms. The van der Waals surface area contributed by atoms with Gasteiger partial charge in [0.2, 0.25) is 0 Å². The van der Waals surface area contributed by atoms with E-state index in [0.717, 1.165) is 23.8 Å². The summed E-state index contributed by atoms with van der Waals surface area (Å²) in [5.74, 6) is 0.400. The van der Waals surface area contributed by atoms with Crippen molar-refractivity contribution in [3.63, 3.8) is 0 Å². The number of hydrogen-bond donors (Lipinski definition) is 1. The zero-order chi connectivity index (χ0) is 20.4. The van der Waals surface area contributed by atoms with Crippen molar-refractivity contribution < 1.29 is 14.0 Å². The van der Waals surface area contributed by atoms with Gasteiger partial charge in [0.15, 0.2) is 5.76 Å². The van der Waals surface area contributed by atoms with Gasteiger partial charge in [-0.3, -0.25) is 9.59 Å². The first-order valence-corrected chi connectivity index (χ1v) is 10.3. The number of para-hydroxylation sites is 1. The van der Waals surface area contributed by atoms with Crippen LogP contribution in [0.25, 0.3) is 11.0 Å². The number of fused-ring (bicyclic) bond motifs is 1. The second kappa shape index (κ2) is 8.47. The molecule has 4 rings (SSSR count). The molecule has 2 aromatic carbocycles. The predicted octanol–water partition coefficient (Wildman–Crippen LogP) is 5.02. The first kappa shape index (κ1) is 19.8. The number of nitrogens with zero attached hydrogens (tertiary/aromatic N) is 1. The van der Waals surface area contributed by atoms with E-state index in [0.29, 0.717) is 46.9 Å². The molecule has 5 nitrogen and oxygen atoms in total. The van der Waals surface area contributed by atoms with Crippen LogP contribution in [0.5, 0.6) is 0 Å². The molecular formula is C22H20Cl2N2O3. The molecule has 1 aliphatic heterocycles. The first-order valence-electron chi connectivity index (χ1n) is 9.52. The molecular weight excluding hydrogens is 411 g/mol. The molecule has 0 radical (unpaired) electrons. The Hall–Kier alpha value is -2.50. The molecule has 0 spiro atoms. The van der Waals surface area contributed by atoms with E-state index in [1.807, 2.05) is 29.2 Å². The summed E-state index contributed by atoms with van der Waals surface area (Å²) < 4.78 is 5.69. The number of amides is 2. The molecule has 7 heteroatoms. The molecule has 2 amide bonds. The van der Waals surface area contributed by atoms with Gasteiger partial charge < -0.3 is 14.6 Å². The Balaban J connectivity index is 1.30. The van der Waals surface area contributed by atoms with E-state index in [1.165, 1.54) is 0 Å². The maximum absolute atomic E-state index is 12.7. The number of carbonyl (C=O) groups is 2. The summed E-state index contributed by atoms with van der Waals surface area (Å²) >= 11 is 11.9. The van der Waals surface area contributed by atoms with Crippen molar-refractivity contribution in [2.24, 2.45) is 5.92 Å². The molecule has 0 saturated carbocycles. The van der Waals surface area contributed by atoms with Crippen LogP contribution in [0, 0.1) is 5.92 Å². The van der Waals surface area contributed by atoms with Crippen molar-refractivity contribution in [3.8, 4) is 0 Å². The van der Waals surface area contributed by atoms with Crippen LogP contribution in [-0.2, 0) is 0 Å². The van der Waals surface area contributed by atoms with Crippen LogP contribution in [0.3, 0.4) is 0 Å². The highest BCUT2D eigenvalue weighted by Crippen LogP contribution is 2.23. The summed E-state index contributed by atoms with van der Waals surface area (Å²) in [4.78, 5) is 26.9. The molecule has 0 atom stereocenters. The zero-order valence-corrected chi connectivity index (χ0v) is 17.2. The Kier molecular flexibility index (Phi) is 5.79. The molecule has 0 unspecified atom stereocenters. The summed E-state index contributed by atoms with van der Waals surface area (Å²) in [7, 11) is 0. The van der Waals surface area contributed by atoms with E-state index in [9.17, 15) is 9.59 Å². The van der Waals surface area contributed by atoms with Crippen LogP contribution in [0.2, 0.25) is 10.0 Å². The number of piperidine rings is 1. The zero-order valence-electron chi connectivity index (χ0n) is 15.7. The van der Waals surface area contributed by atoms with Crippen LogP contribution in [-0.4, -0.2) is 36.3 Å². The lowest BCUT2D eigenvalue weighted by molar-refractivity contribution is 0.0655. The molecule has 1 aliphatic rings. The third-order valence-corrected chi connectivity index (χ3v) is 5.65. The highest BCUT2D eigenvalue weighted by molar-refractivity contribution is 6.35. The van der Waals surface area contributed by atoms with Crippen LogP contribution in [0.4, 0.5) is 0 Å². The highest BCUT2D eigenvalue weighted by atomic mass is 35.5. The Morgan fingerprint density at radius 2 is 1.72 bits per heavy atom. The molecule has 3 aromatic rings. The molecule has 150 valence electrons. The average Bonchev–Trinajstić information content (AvgIpc) is 3.15. The number of hydrogen-bond acceptors (Lipinski definition) is 3. The molecule has 0 aliphatic carbocycles. The van der Waals surface area contributed by atoms with E-state index in [1.54, 1.807) is 24.3 Å². The summed E-state index contributed by atoms with van der Waals surface area (Å²) in [6, 6.07) is 14.2. The Morgan fingerprint density at radius 1 is 1.03 bits per heavy atom. The van der Waals surface area contributed by atoms with Gasteiger partial charge in [0.05, 0.1) is 0 Å². The van der Waals surface area contributed by atoms with Crippen molar-refractivity contribution in [3.05, 3.63) is 69.9 Å². The van der Waals surface area contributed by atoms with Gasteiger partial charge in [0.25, 0.3) is 11.8 Å². The van der Waals surface area contributed by atoms with Crippen molar-refractivity contribution in [2.75, 3.05) is 19.6 Å². The number of likely N-dealkylation sites (tertiary alicyclic amines) is 1. The normalized spacial score (nSPS) is 14.9. The van der Waals surface area contributed by atoms with Crippen molar-refractivity contribution >= 4 is 46.0 Å². The first-order chi connectivity index (χ1) is 14.0. The second-order valence-electron chi connectivity index (χ2n) is 7.25. The maximum Gasteiger partial charge on any atom is 0.289 e. The van der Waals surface area contributed by atoms with E-state index >= 15 is 0 Å². The van der Waals surface area contributed by atoms with Gasteiger partial charge in [-0.25, -0.2) is 0 Å². The van der Waals surface area contributed by atoms with Crippen LogP contribution in [0.1, 0.15) is 33.8 Å². The van der Waals surface area contributed by atoms with Gasteiger partial charge in [0, 0.05) is 40.6 Å². The Morgan fingerprint density at radius 3 is 2.41 bits per heavy atom. The van der Waals surface area contributed by atoms with Gasteiger partial charge in [-0.2, -0.15) is 0 Å². The Labute approximate surface area is 178 Å². The quantitative estimate of drug-likeness (QED) is 0.631. The summed E-state index contributed by atoms with van der Waals surface area (Å²) in [5.41, 5.74) is 1.16. The maximum atomic E-state index is 12.7. The second-order valence-corrected chi connectivity index (χ2v) is 8.13. The third kappa shape index (κ3) is 4.57. The van der Waals surface area contributed by atoms with Gasteiger partial charge in [-0.1, -0.05) is 41.4 Å². The molecule has 1 aromatic heterocycles. The fourth-order valence-corrected chi connectivity index (χ4v) is 4.13. The largest absolute Gasteiger partial charge is 0.451 e. The standard InChI is InChI=1S/C22H20Cl2N2O3/c23-17-9-16(10-18(24)12-17)21(27)25-13-14-5-7-26(8-6-14)22(28)20-11-15-3-1-2-4-19(15)29-20/h1-4,9-12,14H,5-8,13H2,(H,25,27). The van der Waals surface area contributed by atoms with Crippen molar-refractivity contribution in [1.29, 1.82) is 0 Å². The van der Waals surface area contributed by atoms with Gasteiger partial charge >= 0.3 is 0 Å². The van der Waals surface area contributed by atoms with E-state index in [4.69, 9.17) is 27.6 Å². The van der Waals surface area contributed by atoms with Crippen LogP contribution >= 0.6 is 23.2 Å². The smallest absolute Gasteiger partial charge is 0.289 e. The number of carbonyl (C=O) groups excluding carboxylic acids is 2. The highest BCUT2D eigenvalue weighted by Gasteiger charge is 2.26. The number of halogens is 2.